The van der Waals surface area contributed by atoms with Crippen LogP contribution in [0, 0.1) is 12.8 Å². The number of benzene rings is 2. The number of amides is 1. The molecule has 170 valence electrons. The quantitative estimate of drug-likeness (QED) is 0.565. The first kappa shape index (κ1) is 22.3. The number of nitrogens with zero attached hydrogens (tertiary/aromatic N) is 3. The molecule has 0 unspecified atom stereocenters. The molecule has 0 atom stereocenters. The van der Waals surface area contributed by atoms with Gasteiger partial charge in [0.1, 0.15) is 12.4 Å². The van der Waals surface area contributed by atoms with E-state index in [4.69, 9.17) is 4.74 Å². The second kappa shape index (κ2) is 9.33. The van der Waals surface area contributed by atoms with Gasteiger partial charge in [0, 0.05) is 36.3 Å². The predicted molar refractivity (Wildman–Crippen MR) is 128 cm³/mol. The highest BCUT2D eigenvalue weighted by molar-refractivity contribution is 6.00. The first-order valence-electron chi connectivity index (χ1n) is 11.5. The Bertz CT molecular complexity index is 1120. The number of carbonyl (C=O) groups excluding carboxylic acids is 1. The molecule has 0 aliphatic carbocycles. The number of H-pyrrole nitrogens is 1. The predicted octanol–water partition coefficient (Wildman–Crippen LogP) is 4.56. The van der Waals surface area contributed by atoms with Gasteiger partial charge in [0.15, 0.2) is 0 Å². The van der Waals surface area contributed by atoms with Crippen molar-refractivity contribution >= 4 is 16.8 Å². The summed E-state index contributed by atoms with van der Waals surface area (Å²) >= 11 is 0. The van der Waals surface area contributed by atoms with Gasteiger partial charge in [-0.2, -0.15) is 5.10 Å². The lowest BCUT2D eigenvalue weighted by Gasteiger charge is -2.17. The van der Waals surface area contributed by atoms with Crippen LogP contribution in [0.15, 0.2) is 30.3 Å². The Hall–Kier alpha value is -2.86. The molecule has 1 N–H and O–H groups in total. The summed E-state index contributed by atoms with van der Waals surface area (Å²) in [6, 6.07) is 10.2. The van der Waals surface area contributed by atoms with Gasteiger partial charge in [0.05, 0.1) is 5.52 Å². The van der Waals surface area contributed by atoms with Crippen molar-refractivity contribution in [2.75, 3.05) is 27.2 Å². The van der Waals surface area contributed by atoms with Crippen LogP contribution in [-0.2, 0) is 19.5 Å². The van der Waals surface area contributed by atoms with E-state index in [1.54, 1.807) is 0 Å². The zero-order valence-electron chi connectivity index (χ0n) is 19.9. The third kappa shape index (κ3) is 4.80. The molecule has 0 spiro atoms. The first-order chi connectivity index (χ1) is 15.3. The van der Waals surface area contributed by atoms with Crippen molar-refractivity contribution in [3.63, 3.8) is 0 Å². The molecule has 0 radical (unpaired) electrons. The van der Waals surface area contributed by atoms with Gasteiger partial charge in [-0.3, -0.25) is 9.89 Å². The van der Waals surface area contributed by atoms with Crippen molar-refractivity contribution in [2.45, 2.75) is 46.7 Å². The van der Waals surface area contributed by atoms with E-state index in [0.29, 0.717) is 25.6 Å². The highest BCUT2D eigenvalue weighted by Crippen LogP contribution is 2.30. The number of aromatic amines is 1. The average molecular weight is 435 g/mol. The lowest BCUT2D eigenvalue weighted by Crippen LogP contribution is -2.26. The first-order valence-corrected chi connectivity index (χ1v) is 11.5. The van der Waals surface area contributed by atoms with Crippen molar-refractivity contribution in [1.82, 2.24) is 20.0 Å². The number of rotatable bonds is 8. The van der Waals surface area contributed by atoms with Crippen LogP contribution in [0.4, 0.5) is 0 Å². The Morgan fingerprint density at radius 2 is 1.97 bits per heavy atom. The largest absolute Gasteiger partial charge is 0.492 e. The highest BCUT2D eigenvalue weighted by atomic mass is 16.5. The maximum absolute atomic E-state index is 13.5. The maximum Gasteiger partial charge on any atom is 0.254 e. The van der Waals surface area contributed by atoms with Crippen LogP contribution in [0.25, 0.3) is 10.9 Å². The summed E-state index contributed by atoms with van der Waals surface area (Å²) < 4.78 is 5.88. The van der Waals surface area contributed by atoms with E-state index in [1.807, 2.05) is 44.1 Å². The lowest BCUT2D eigenvalue weighted by molar-refractivity contribution is 0.0750. The third-order valence-electron chi connectivity index (χ3n) is 6.18. The van der Waals surface area contributed by atoms with Crippen LogP contribution in [0.1, 0.15) is 53.0 Å². The fraction of sp³-hybridized carbons (Fsp3) is 0.462. The zero-order valence-corrected chi connectivity index (χ0v) is 19.9. The number of carbonyl (C=O) groups is 1. The van der Waals surface area contributed by atoms with Crippen LogP contribution in [-0.4, -0.2) is 53.2 Å². The monoisotopic (exact) mass is 434 g/mol. The van der Waals surface area contributed by atoms with Crippen molar-refractivity contribution in [3.05, 3.63) is 58.3 Å². The number of nitrogens with one attached hydrogen (secondary N) is 1. The van der Waals surface area contributed by atoms with Gasteiger partial charge in [-0.25, -0.2) is 0 Å². The molecular formula is C26H34N4O2. The molecule has 2 aromatic carbocycles. The fourth-order valence-corrected chi connectivity index (χ4v) is 4.19. The van der Waals surface area contributed by atoms with E-state index in [1.165, 1.54) is 11.1 Å². The molecule has 1 aliphatic rings. The molecule has 0 saturated heterocycles. The normalized spacial score (nSPS) is 13.4. The minimum atomic E-state index is 0.0756. The van der Waals surface area contributed by atoms with Crippen molar-refractivity contribution < 1.29 is 9.53 Å². The second-order valence-electron chi connectivity index (χ2n) is 9.56. The number of fused-ring (bicyclic) bond motifs is 2. The van der Waals surface area contributed by atoms with Crippen LogP contribution in [0.3, 0.4) is 0 Å². The molecule has 1 aromatic heterocycles. The van der Waals surface area contributed by atoms with E-state index in [9.17, 15) is 4.79 Å². The molecule has 6 heteroatoms. The topological polar surface area (TPSA) is 61.5 Å². The number of likely N-dealkylation sites (N-methyl/N-ethyl adjacent to an activating group) is 1. The van der Waals surface area contributed by atoms with Crippen molar-refractivity contribution in [2.24, 2.45) is 5.92 Å². The molecule has 0 bridgehead atoms. The van der Waals surface area contributed by atoms with Gasteiger partial charge in [-0.1, -0.05) is 19.9 Å². The van der Waals surface area contributed by atoms with E-state index < -0.39 is 0 Å². The van der Waals surface area contributed by atoms with Gasteiger partial charge >= 0.3 is 0 Å². The minimum Gasteiger partial charge on any atom is -0.492 e. The Labute approximate surface area is 190 Å². The molecule has 3 aromatic rings. The van der Waals surface area contributed by atoms with Crippen LogP contribution >= 0.6 is 0 Å². The number of ether oxygens (including phenoxy) is 1. The number of aromatic nitrogens is 2. The summed E-state index contributed by atoms with van der Waals surface area (Å²) in [5, 5.41) is 8.71. The lowest BCUT2D eigenvalue weighted by atomic mass is 10.0. The molecular weight excluding hydrogens is 400 g/mol. The summed E-state index contributed by atoms with van der Waals surface area (Å²) in [7, 11) is 4.07. The van der Waals surface area contributed by atoms with E-state index >= 15 is 0 Å². The summed E-state index contributed by atoms with van der Waals surface area (Å²) in [6.07, 6.45) is 2.03. The Morgan fingerprint density at radius 1 is 1.19 bits per heavy atom. The summed E-state index contributed by atoms with van der Waals surface area (Å²) in [5.74, 6) is 1.57. The Kier molecular flexibility index (Phi) is 6.51. The Morgan fingerprint density at radius 3 is 2.72 bits per heavy atom. The average Bonchev–Trinajstić information content (AvgIpc) is 3.34. The van der Waals surface area contributed by atoms with E-state index in [0.717, 1.165) is 52.9 Å². The molecule has 4 rings (SSSR count). The molecule has 1 aliphatic heterocycles. The minimum absolute atomic E-state index is 0.0756. The van der Waals surface area contributed by atoms with Crippen molar-refractivity contribution in [3.8, 4) is 5.75 Å². The third-order valence-corrected chi connectivity index (χ3v) is 6.18. The smallest absolute Gasteiger partial charge is 0.254 e. The summed E-state index contributed by atoms with van der Waals surface area (Å²) in [6.45, 7) is 9.21. The number of aryl methyl sites for hydroxylation is 2. The van der Waals surface area contributed by atoms with E-state index in [2.05, 4.69) is 41.1 Å². The molecule has 0 saturated carbocycles. The molecule has 32 heavy (non-hydrogen) atoms. The van der Waals surface area contributed by atoms with Crippen LogP contribution < -0.4 is 4.74 Å². The zero-order chi connectivity index (χ0) is 22.8. The standard InChI is InChI=1S/C26H34N4O2/c1-17(2)6-9-24-23-14-22(18(3)12-25(23)28-27-24)26(31)30-15-19-7-8-21(13-20(19)16-30)32-11-10-29(4)5/h7-8,12-14,17H,6,9-11,15-16H2,1-5H3,(H,27,28). The SMILES string of the molecule is Cc1cc2n[nH]c(CCC(C)C)c2cc1C(=O)N1Cc2ccc(OCCN(C)C)cc2C1. The van der Waals surface area contributed by atoms with Gasteiger partial charge in [-0.05, 0) is 80.7 Å². The Balaban J connectivity index is 1.51. The number of hydrogen-bond acceptors (Lipinski definition) is 4. The van der Waals surface area contributed by atoms with Gasteiger partial charge in [0.25, 0.3) is 5.91 Å². The maximum atomic E-state index is 13.5. The fourth-order valence-electron chi connectivity index (χ4n) is 4.19. The van der Waals surface area contributed by atoms with Crippen LogP contribution in [0.5, 0.6) is 5.75 Å². The van der Waals surface area contributed by atoms with Gasteiger partial charge < -0.3 is 14.5 Å². The van der Waals surface area contributed by atoms with Gasteiger partial charge in [0.2, 0.25) is 0 Å². The molecule has 0 fully saturated rings. The van der Waals surface area contributed by atoms with Gasteiger partial charge in [-0.15, -0.1) is 0 Å². The highest BCUT2D eigenvalue weighted by Gasteiger charge is 2.26. The van der Waals surface area contributed by atoms with Crippen LogP contribution in [0.2, 0.25) is 0 Å². The summed E-state index contributed by atoms with van der Waals surface area (Å²) in [5.41, 5.74) is 6.14. The summed E-state index contributed by atoms with van der Waals surface area (Å²) in [4.78, 5) is 17.5. The number of hydrogen-bond donors (Lipinski definition) is 1. The van der Waals surface area contributed by atoms with E-state index in [-0.39, 0.29) is 5.91 Å². The second-order valence-corrected chi connectivity index (χ2v) is 9.56. The molecule has 2 heterocycles. The van der Waals surface area contributed by atoms with Crippen molar-refractivity contribution in [1.29, 1.82) is 0 Å². The molecule has 6 nitrogen and oxygen atoms in total. The molecule has 1 amide bonds.